The van der Waals surface area contributed by atoms with Crippen LogP contribution in [0.5, 0.6) is 0 Å². The Morgan fingerprint density at radius 1 is 1.61 bits per heavy atom. The molecule has 4 nitrogen and oxygen atoms in total. The molecule has 2 rings (SSSR count). The molecule has 1 aliphatic heterocycles. The van der Waals surface area contributed by atoms with Gasteiger partial charge in [0.25, 0.3) is 0 Å². The quantitative estimate of drug-likeness (QED) is 0.901. The number of furan rings is 1. The lowest BCUT2D eigenvalue weighted by molar-refractivity contribution is 0.189. The van der Waals surface area contributed by atoms with Gasteiger partial charge in [0, 0.05) is 19.6 Å². The van der Waals surface area contributed by atoms with Crippen molar-refractivity contribution in [2.45, 2.75) is 12.5 Å². The number of likely N-dealkylation sites (tertiary alicyclic amines) is 1. The van der Waals surface area contributed by atoms with Gasteiger partial charge in [0.15, 0.2) is 4.67 Å². The van der Waals surface area contributed by atoms with E-state index in [9.17, 15) is 0 Å². The standard InChI is InChI=1S/C13H22BrN3O/c1-16-6-5-10(8-16)9-17(2)11(7-15)12-3-4-13(14)18-12/h3-4,10-11H,5-9,15H2,1-2H3. The van der Waals surface area contributed by atoms with Crippen LogP contribution in [0.1, 0.15) is 18.2 Å². The Bertz CT molecular complexity index is 382. The van der Waals surface area contributed by atoms with Crippen LogP contribution in [0.25, 0.3) is 0 Å². The van der Waals surface area contributed by atoms with Gasteiger partial charge in [-0.1, -0.05) is 0 Å². The molecule has 1 aliphatic rings. The number of hydrogen-bond donors (Lipinski definition) is 1. The summed E-state index contributed by atoms with van der Waals surface area (Å²) in [4.78, 5) is 4.70. The summed E-state index contributed by atoms with van der Waals surface area (Å²) in [6, 6.07) is 4.09. The topological polar surface area (TPSA) is 45.6 Å². The fourth-order valence-corrected chi connectivity index (χ4v) is 3.05. The Morgan fingerprint density at radius 2 is 2.39 bits per heavy atom. The lowest BCUT2D eigenvalue weighted by Crippen LogP contribution is -2.34. The fraction of sp³-hybridized carbons (Fsp3) is 0.692. The summed E-state index contributed by atoms with van der Waals surface area (Å²) >= 11 is 3.34. The maximum Gasteiger partial charge on any atom is 0.169 e. The monoisotopic (exact) mass is 315 g/mol. The predicted molar refractivity (Wildman–Crippen MR) is 76.4 cm³/mol. The first-order chi connectivity index (χ1) is 8.60. The lowest BCUT2D eigenvalue weighted by Gasteiger charge is -2.27. The number of nitrogens with zero attached hydrogens (tertiary/aromatic N) is 2. The molecule has 0 saturated carbocycles. The van der Waals surface area contributed by atoms with Gasteiger partial charge >= 0.3 is 0 Å². The van der Waals surface area contributed by atoms with Gasteiger partial charge in [0.05, 0.1) is 6.04 Å². The zero-order valence-corrected chi connectivity index (χ0v) is 12.7. The first-order valence-electron chi connectivity index (χ1n) is 6.44. The molecule has 0 radical (unpaired) electrons. The van der Waals surface area contributed by atoms with Crippen molar-refractivity contribution in [3.8, 4) is 0 Å². The summed E-state index contributed by atoms with van der Waals surface area (Å²) in [6.45, 7) is 4.05. The number of hydrogen-bond acceptors (Lipinski definition) is 4. The third-order valence-electron chi connectivity index (χ3n) is 3.71. The summed E-state index contributed by atoms with van der Waals surface area (Å²) < 4.78 is 6.40. The Balaban J connectivity index is 1.95. The van der Waals surface area contributed by atoms with E-state index in [-0.39, 0.29) is 6.04 Å². The SMILES string of the molecule is CN1CCC(CN(C)C(CN)c2ccc(Br)o2)C1. The maximum absolute atomic E-state index is 5.89. The molecule has 2 heterocycles. The van der Waals surface area contributed by atoms with Gasteiger partial charge in [-0.05, 0) is 61.0 Å². The van der Waals surface area contributed by atoms with E-state index in [4.69, 9.17) is 10.2 Å². The molecule has 2 N–H and O–H groups in total. The van der Waals surface area contributed by atoms with Crippen LogP contribution in [0.15, 0.2) is 21.2 Å². The molecule has 1 aromatic heterocycles. The molecule has 0 aromatic carbocycles. The van der Waals surface area contributed by atoms with E-state index in [1.807, 2.05) is 12.1 Å². The molecule has 1 fully saturated rings. The van der Waals surface area contributed by atoms with Gasteiger partial charge in [0.1, 0.15) is 5.76 Å². The molecule has 0 aliphatic carbocycles. The third kappa shape index (κ3) is 3.35. The van der Waals surface area contributed by atoms with Crippen molar-refractivity contribution < 1.29 is 4.42 Å². The van der Waals surface area contributed by atoms with E-state index in [1.165, 1.54) is 19.5 Å². The molecule has 1 aromatic rings. The zero-order chi connectivity index (χ0) is 13.1. The van der Waals surface area contributed by atoms with E-state index in [1.54, 1.807) is 0 Å². The van der Waals surface area contributed by atoms with Crippen LogP contribution in [0.4, 0.5) is 0 Å². The lowest BCUT2D eigenvalue weighted by atomic mass is 10.1. The van der Waals surface area contributed by atoms with Crippen molar-refractivity contribution in [2.24, 2.45) is 11.7 Å². The Labute approximate surface area is 117 Å². The van der Waals surface area contributed by atoms with Gasteiger partial charge < -0.3 is 15.1 Å². The summed E-state index contributed by atoms with van der Waals surface area (Å²) in [6.07, 6.45) is 1.28. The summed E-state index contributed by atoms with van der Waals surface area (Å²) in [5.74, 6) is 1.69. The predicted octanol–water partition coefficient (Wildman–Crippen LogP) is 1.93. The molecule has 2 atom stereocenters. The van der Waals surface area contributed by atoms with Crippen molar-refractivity contribution >= 4 is 15.9 Å². The van der Waals surface area contributed by atoms with E-state index in [0.717, 1.165) is 22.9 Å². The summed E-state index contributed by atoms with van der Waals surface area (Å²) in [7, 11) is 4.32. The molecule has 0 bridgehead atoms. The van der Waals surface area contributed by atoms with E-state index in [0.29, 0.717) is 6.54 Å². The average molecular weight is 316 g/mol. The van der Waals surface area contributed by atoms with Gasteiger partial charge in [-0.25, -0.2) is 0 Å². The van der Waals surface area contributed by atoms with Crippen LogP contribution < -0.4 is 5.73 Å². The highest BCUT2D eigenvalue weighted by Crippen LogP contribution is 2.25. The van der Waals surface area contributed by atoms with E-state index >= 15 is 0 Å². The van der Waals surface area contributed by atoms with Crippen LogP contribution in [0.2, 0.25) is 0 Å². The molecule has 102 valence electrons. The molecule has 18 heavy (non-hydrogen) atoms. The third-order valence-corrected chi connectivity index (χ3v) is 4.14. The summed E-state index contributed by atoms with van der Waals surface area (Å²) in [5.41, 5.74) is 5.89. The maximum atomic E-state index is 5.89. The molecular formula is C13H22BrN3O. The van der Waals surface area contributed by atoms with Crippen molar-refractivity contribution in [2.75, 3.05) is 40.3 Å². The van der Waals surface area contributed by atoms with Gasteiger partial charge in [-0.15, -0.1) is 0 Å². The zero-order valence-electron chi connectivity index (χ0n) is 11.1. The van der Waals surface area contributed by atoms with Crippen molar-refractivity contribution in [3.05, 3.63) is 22.6 Å². The number of likely N-dealkylation sites (N-methyl/N-ethyl adjacent to an activating group) is 1. The highest BCUT2D eigenvalue weighted by Gasteiger charge is 2.25. The Kier molecular flexibility index (Phi) is 4.84. The second-order valence-electron chi connectivity index (χ2n) is 5.25. The highest BCUT2D eigenvalue weighted by molar-refractivity contribution is 9.10. The minimum absolute atomic E-state index is 0.169. The Hall–Kier alpha value is -0.360. The molecule has 0 spiro atoms. The minimum Gasteiger partial charge on any atom is -0.453 e. The van der Waals surface area contributed by atoms with Crippen molar-refractivity contribution in [3.63, 3.8) is 0 Å². The first kappa shape index (κ1) is 14.1. The number of nitrogens with two attached hydrogens (primary N) is 1. The fourth-order valence-electron chi connectivity index (χ4n) is 2.73. The van der Waals surface area contributed by atoms with Crippen LogP contribution in [-0.4, -0.2) is 50.1 Å². The largest absolute Gasteiger partial charge is 0.453 e. The normalized spacial score (nSPS) is 22.8. The van der Waals surface area contributed by atoms with Crippen LogP contribution in [-0.2, 0) is 0 Å². The van der Waals surface area contributed by atoms with E-state index in [2.05, 4.69) is 39.8 Å². The second-order valence-corrected chi connectivity index (χ2v) is 6.03. The van der Waals surface area contributed by atoms with Crippen molar-refractivity contribution in [1.29, 1.82) is 0 Å². The van der Waals surface area contributed by atoms with Gasteiger partial charge in [-0.3, -0.25) is 4.90 Å². The summed E-state index contributed by atoms with van der Waals surface area (Å²) in [5, 5.41) is 0. The van der Waals surface area contributed by atoms with Crippen LogP contribution in [0, 0.1) is 5.92 Å². The minimum atomic E-state index is 0.169. The molecule has 5 heteroatoms. The molecule has 1 saturated heterocycles. The highest BCUT2D eigenvalue weighted by atomic mass is 79.9. The smallest absolute Gasteiger partial charge is 0.169 e. The molecular weight excluding hydrogens is 294 g/mol. The number of rotatable bonds is 5. The van der Waals surface area contributed by atoms with E-state index < -0.39 is 0 Å². The average Bonchev–Trinajstić information content (AvgIpc) is 2.89. The number of halogens is 1. The van der Waals surface area contributed by atoms with Crippen molar-refractivity contribution in [1.82, 2.24) is 9.80 Å². The molecule has 0 amide bonds. The van der Waals surface area contributed by atoms with Crippen LogP contribution in [0.3, 0.4) is 0 Å². The second kappa shape index (κ2) is 6.19. The molecule has 2 unspecified atom stereocenters. The van der Waals surface area contributed by atoms with Gasteiger partial charge in [0.2, 0.25) is 0 Å². The van der Waals surface area contributed by atoms with Gasteiger partial charge in [-0.2, -0.15) is 0 Å². The first-order valence-corrected chi connectivity index (χ1v) is 7.23. The Morgan fingerprint density at radius 3 is 2.89 bits per heavy atom. The van der Waals surface area contributed by atoms with Crippen LogP contribution >= 0.6 is 15.9 Å².